The Bertz CT molecular complexity index is 809. The summed E-state index contributed by atoms with van der Waals surface area (Å²) in [5.41, 5.74) is 1.17. The fourth-order valence-electron chi connectivity index (χ4n) is 2.67. The molecule has 0 aliphatic rings. The van der Waals surface area contributed by atoms with Crippen molar-refractivity contribution in [2.75, 3.05) is 19.4 Å². The molecule has 3 N–H and O–H groups in total. The molecule has 0 saturated carbocycles. The van der Waals surface area contributed by atoms with E-state index in [1.165, 1.54) is 0 Å². The quantitative estimate of drug-likeness (QED) is 0.395. The second-order valence-corrected chi connectivity index (χ2v) is 9.78. The van der Waals surface area contributed by atoms with Crippen LogP contribution in [0.15, 0.2) is 24.3 Å². The molecule has 0 aliphatic carbocycles. The average Bonchev–Trinajstić information content (AvgIpc) is 3.11. The lowest BCUT2D eigenvalue weighted by molar-refractivity contribution is -0.154. The number of rotatable bonds is 10. The number of hydrogen-bond acceptors (Lipinski definition) is 6. The van der Waals surface area contributed by atoms with Crippen molar-refractivity contribution in [2.45, 2.75) is 58.6 Å². The predicted octanol–water partition coefficient (Wildman–Crippen LogP) is 4.08. The minimum absolute atomic E-state index is 0.0545. The largest absolute Gasteiger partial charge is 0.490 e. The standard InChI is InChI=1S/C22H34N2O4S/c1-7-22(5,29-6)23-12-16(25)14-27-19-10-8-9-18-17(19)11-15(24-18)13-28-20(26)21(2,3)4/h8-11,16,23-25H,7,12-14H2,1-6H3. The molecule has 29 heavy (non-hydrogen) atoms. The van der Waals surface area contributed by atoms with E-state index in [9.17, 15) is 9.90 Å². The van der Waals surface area contributed by atoms with Crippen molar-refractivity contribution in [1.29, 1.82) is 0 Å². The number of esters is 1. The van der Waals surface area contributed by atoms with Crippen molar-refractivity contribution in [3.63, 3.8) is 0 Å². The summed E-state index contributed by atoms with van der Waals surface area (Å²) in [4.78, 5) is 15.2. The minimum atomic E-state index is -0.616. The highest BCUT2D eigenvalue weighted by molar-refractivity contribution is 7.99. The Hall–Kier alpha value is -1.70. The minimum Gasteiger partial charge on any atom is -0.490 e. The molecule has 1 heterocycles. The molecule has 0 aliphatic heterocycles. The summed E-state index contributed by atoms with van der Waals surface area (Å²) in [6.45, 7) is 10.6. The van der Waals surface area contributed by atoms with Crippen LogP contribution < -0.4 is 10.1 Å². The van der Waals surface area contributed by atoms with Crippen molar-refractivity contribution in [3.8, 4) is 5.75 Å². The first-order chi connectivity index (χ1) is 13.6. The summed E-state index contributed by atoms with van der Waals surface area (Å²) in [5, 5.41) is 14.6. The average molecular weight is 423 g/mol. The number of H-pyrrole nitrogens is 1. The number of carbonyl (C=O) groups excluding carboxylic acids is 1. The molecule has 0 saturated heterocycles. The third kappa shape index (κ3) is 6.66. The molecule has 0 spiro atoms. The first-order valence-electron chi connectivity index (χ1n) is 9.97. The van der Waals surface area contributed by atoms with Gasteiger partial charge in [-0.25, -0.2) is 0 Å². The van der Waals surface area contributed by atoms with Crippen LogP contribution in [-0.4, -0.2) is 46.4 Å². The highest BCUT2D eigenvalue weighted by Gasteiger charge is 2.23. The molecular formula is C22H34N2O4S. The second kappa shape index (κ2) is 9.87. The number of aliphatic hydroxyl groups excluding tert-OH is 1. The smallest absolute Gasteiger partial charge is 0.311 e. The molecule has 6 nitrogen and oxygen atoms in total. The van der Waals surface area contributed by atoms with Gasteiger partial charge in [0.1, 0.15) is 25.1 Å². The highest BCUT2D eigenvalue weighted by Crippen LogP contribution is 2.27. The lowest BCUT2D eigenvalue weighted by Gasteiger charge is -2.28. The Morgan fingerprint density at radius 2 is 2.03 bits per heavy atom. The number of benzene rings is 1. The van der Waals surface area contributed by atoms with Crippen LogP contribution in [0.5, 0.6) is 5.75 Å². The maximum Gasteiger partial charge on any atom is 0.311 e. The highest BCUT2D eigenvalue weighted by atomic mass is 32.2. The molecule has 0 bridgehead atoms. The first-order valence-corrected chi connectivity index (χ1v) is 11.2. The normalized spacial score (nSPS) is 15.1. The van der Waals surface area contributed by atoms with Crippen molar-refractivity contribution in [2.24, 2.45) is 5.41 Å². The summed E-state index contributed by atoms with van der Waals surface area (Å²) in [7, 11) is 0. The van der Waals surface area contributed by atoms with E-state index in [4.69, 9.17) is 9.47 Å². The van der Waals surface area contributed by atoms with Gasteiger partial charge in [-0.05, 0) is 58.6 Å². The van der Waals surface area contributed by atoms with Crippen molar-refractivity contribution in [3.05, 3.63) is 30.0 Å². The summed E-state index contributed by atoms with van der Waals surface area (Å²) in [6, 6.07) is 7.64. The summed E-state index contributed by atoms with van der Waals surface area (Å²) < 4.78 is 11.3. The molecule has 0 radical (unpaired) electrons. The topological polar surface area (TPSA) is 83.6 Å². The molecule has 1 aromatic heterocycles. The third-order valence-corrected chi connectivity index (χ3v) is 6.25. The van der Waals surface area contributed by atoms with Crippen molar-refractivity contribution in [1.82, 2.24) is 10.3 Å². The number of nitrogens with one attached hydrogen (secondary N) is 2. The zero-order valence-corrected chi connectivity index (χ0v) is 19.1. The predicted molar refractivity (Wildman–Crippen MR) is 119 cm³/mol. The molecule has 1 aromatic carbocycles. The zero-order valence-electron chi connectivity index (χ0n) is 18.3. The van der Waals surface area contributed by atoms with Gasteiger partial charge in [0.15, 0.2) is 0 Å². The van der Waals surface area contributed by atoms with Gasteiger partial charge in [0.05, 0.1) is 16.0 Å². The fourth-order valence-corrected chi connectivity index (χ4v) is 3.19. The van der Waals surface area contributed by atoms with Crippen LogP contribution in [0.4, 0.5) is 0 Å². The Kier molecular flexibility index (Phi) is 8.02. The molecule has 162 valence electrons. The Morgan fingerprint density at radius 3 is 2.66 bits per heavy atom. The number of fused-ring (bicyclic) bond motifs is 1. The van der Waals surface area contributed by atoms with E-state index in [0.29, 0.717) is 12.3 Å². The van der Waals surface area contributed by atoms with E-state index in [1.54, 1.807) is 11.8 Å². The Labute approximate surface area is 177 Å². The number of hydrogen-bond donors (Lipinski definition) is 3. The van der Waals surface area contributed by atoms with Gasteiger partial charge in [0.2, 0.25) is 0 Å². The van der Waals surface area contributed by atoms with Gasteiger partial charge < -0.3 is 24.9 Å². The lowest BCUT2D eigenvalue weighted by atomic mass is 9.97. The van der Waals surface area contributed by atoms with E-state index in [2.05, 4.69) is 30.4 Å². The van der Waals surface area contributed by atoms with Gasteiger partial charge in [-0.2, -0.15) is 0 Å². The summed E-state index contributed by atoms with van der Waals surface area (Å²) >= 11 is 1.74. The van der Waals surface area contributed by atoms with E-state index in [-0.39, 0.29) is 24.1 Å². The van der Waals surface area contributed by atoms with Gasteiger partial charge in [0, 0.05) is 17.4 Å². The van der Waals surface area contributed by atoms with Crippen LogP contribution >= 0.6 is 11.8 Å². The molecule has 0 fully saturated rings. The molecule has 0 amide bonds. The van der Waals surface area contributed by atoms with Crippen molar-refractivity contribution >= 4 is 28.6 Å². The molecule has 2 aromatic rings. The molecule has 2 atom stereocenters. The second-order valence-electron chi connectivity index (χ2n) is 8.47. The van der Waals surface area contributed by atoms with E-state index in [1.807, 2.05) is 45.0 Å². The van der Waals surface area contributed by atoms with E-state index in [0.717, 1.165) is 23.0 Å². The van der Waals surface area contributed by atoms with Gasteiger partial charge in [-0.1, -0.05) is 13.0 Å². The van der Waals surface area contributed by atoms with E-state index >= 15 is 0 Å². The fraction of sp³-hybridized carbons (Fsp3) is 0.591. The van der Waals surface area contributed by atoms with Crippen LogP contribution in [0.3, 0.4) is 0 Å². The molecule has 7 heteroatoms. The number of ether oxygens (including phenoxy) is 2. The third-order valence-electron chi connectivity index (χ3n) is 4.92. The molecular weight excluding hydrogens is 388 g/mol. The van der Waals surface area contributed by atoms with Gasteiger partial charge in [-0.3, -0.25) is 4.79 Å². The summed E-state index contributed by atoms with van der Waals surface area (Å²) in [5.74, 6) is 0.446. The Balaban J connectivity index is 1.97. The maximum atomic E-state index is 12.0. The van der Waals surface area contributed by atoms with E-state index < -0.39 is 11.5 Å². The number of aliphatic hydroxyl groups is 1. The van der Waals surface area contributed by atoms with Crippen molar-refractivity contribution < 1.29 is 19.4 Å². The van der Waals surface area contributed by atoms with Crippen LogP contribution in [0.2, 0.25) is 0 Å². The first kappa shape index (κ1) is 23.6. The van der Waals surface area contributed by atoms with Crippen LogP contribution in [-0.2, 0) is 16.1 Å². The number of aromatic nitrogens is 1. The maximum absolute atomic E-state index is 12.0. The Morgan fingerprint density at radius 1 is 1.31 bits per heavy atom. The zero-order chi connectivity index (χ0) is 21.7. The van der Waals surface area contributed by atoms with Crippen LogP contribution in [0.1, 0.15) is 46.7 Å². The number of carbonyl (C=O) groups is 1. The van der Waals surface area contributed by atoms with Gasteiger partial charge in [-0.15, -0.1) is 11.8 Å². The molecule has 2 rings (SSSR count). The lowest BCUT2D eigenvalue weighted by Crippen LogP contribution is -2.44. The number of aromatic amines is 1. The SMILES string of the molecule is CCC(C)(NCC(O)COc1cccc2[nH]c(COC(=O)C(C)(C)C)cc12)SC. The van der Waals surface area contributed by atoms with Gasteiger partial charge >= 0.3 is 5.97 Å². The van der Waals surface area contributed by atoms with Gasteiger partial charge in [0.25, 0.3) is 0 Å². The van der Waals surface area contributed by atoms with Crippen LogP contribution in [0, 0.1) is 5.41 Å². The molecule has 2 unspecified atom stereocenters. The summed E-state index contributed by atoms with van der Waals surface area (Å²) in [6.07, 6.45) is 2.41. The number of thioether (sulfide) groups is 1. The monoisotopic (exact) mass is 422 g/mol. The van der Waals surface area contributed by atoms with Crippen LogP contribution in [0.25, 0.3) is 10.9 Å².